The quantitative estimate of drug-likeness (QED) is 0.401. The van der Waals surface area contributed by atoms with Gasteiger partial charge in [0.2, 0.25) is 0 Å². The molecule has 1 unspecified atom stereocenters. The second-order valence-electron chi connectivity index (χ2n) is 10.5. The van der Waals surface area contributed by atoms with Crippen LogP contribution in [0.15, 0.2) is 48.7 Å². The number of amides is 2. The molecule has 1 aromatic heterocycles. The van der Waals surface area contributed by atoms with E-state index in [0.717, 1.165) is 60.7 Å². The first-order chi connectivity index (χ1) is 19.6. The molecule has 3 aromatic rings. The zero-order valence-electron chi connectivity index (χ0n) is 26.2. The minimum absolute atomic E-state index is 0.0580. The fraction of sp³-hybridized carbons (Fsp3) is 0.455. The third kappa shape index (κ3) is 7.50. The van der Waals surface area contributed by atoms with E-state index >= 15 is 0 Å². The highest BCUT2D eigenvalue weighted by Crippen LogP contribution is 2.31. The Bertz CT molecular complexity index is 1340. The van der Waals surface area contributed by atoms with E-state index < -0.39 is 0 Å². The Labute approximate surface area is 245 Å². The number of carbonyl (C=O) groups is 2. The van der Waals surface area contributed by atoms with E-state index in [9.17, 15) is 9.59 Å². The van der Waals surface area contributed by atoms with Crippen molar-refractivity contribution in [2.75, 3.05) is 58.8 Å². The first kappa shape index (κ1) is 31.7. The lowest BCUT2D eigenvalue weighted by molar-refractivity contribution is 0.0818. The summed E-state index contributed by atoms with van der Waals surface area (Å²) < 4.78 is 7.43. The summed E-state index contributed by atoms with van der Waals surface area (Å²) in [6, 6.07) is 13.7. The average molecular weight is 562 g/mol. The predicted octanol–water partition coefficient (Wildman–Crippen LogP) is 5.37. The fourth-order valence-electron chi connectivity index (χ4n) is 5.05. The number of aryl methyl sites for hydroxylation is 2. The molecular formula is C33H47N5O3. The van der Waals surface area contributed by atoms with E-state index in [1.165, 1.54) is 0 Å². The van der Waals surface area contributed by atoms with Crippen molar-refractivity contribution in [3.05, 3.63) is 71.0 Å². The summed E-state index contributed by atoms with van der Waals surface area (Å²) in [5.74, 6) is 0.534. The van der Waals surface area contributed by atoms with Crippen molar-refractivity contribution in [2.24, 2.45) is 7.05 Å². The molecule has 0 bridgehead atoms. The summed E-state index contributed by atoms with van der Waals surface area (Å²) in [7, 11) is 6.98. The molecule has 1 atom stereocenters. The van der Waals surface area contributed by atoms with Gasteiger partial charge in [-0.1, -0.05) is 26.8 Å². The molecule has 0 spiro atoms. The lowest BCUT2D eigenvalue weighted by Crippen LogP contribution is -2.46. The molecule has 2 heterocycles. The number of hydrogen-bond donors (Lipinski definition) is 1. The van der Waals surface area contributed by atoms with Crippen LogP contribution in [-0.2, 0) is 7.05 Å². The van der Waals surface area contributed by atoms with Gasteiger partial charge in [0.1, 0.15) is 11.4 Å². The molecule has 1 fully saturated rings. The second-order valence-corrected chi connectivity index (χ2v) is 10.5. The van der Waals surface area contributed by atoms with Crippen LogP contribution in [0.1, 0.15) is 65.7 Å². The number of nitrogens with one attached hydrogen (secondary N) is 1. The molecule has 8 heteroatoms. The first-order valence-corrected chi connectivity index (χ1v) is 14.6. The van der Waals surface area contributed by atoms with Gasteiger partial charge in [0, 0.05) is 70.3 Å². The number of likely N-dealkylation sites (N-methyl/N-ethyl adjacent to an activating group) is 1. The highest BCUT2D eigenvalue weighted by atomic mass is 16.5. The summed E-state index contributed by atoms with van der Waals surface area (Å²) >= 11 is 0. The molecule has 41 heavy (non-hydrogen) atoms. The van der Waals surface area contributed by atoms with Gasteiger partial charge in [0.25, 0.3) is 11.8 Å². The largest absolute Gasteiger partial charge is 0.497 e. The number of anilines is 1. The Hall–Kier alpha value is -3.78. The number of methoxy groups -OCH3 is 1. The number of nitrogens with zero attached hydrogens (tertiary/aromatic N) is 4. The minimum Gasteiger partial charge on any atom is -0.497 e. The second kappa shape index (κ2) is 14.2. The fourth-order valence-corrected chi connectivity index (χ4v) is 5.05. The maximum atomic E-state index is 13.5. The highest BCUT2D eigenvalue weighted by molar-refractivity contribution is 5.97. The van der Waals surface area contributed by atoms with E-state index in [2.05, 4.69) is 28.1 Å². The molecule has 4 rings (SSSR count). The number of piperazine rings is 1. The lowest BCUT2D eigenvalue weighted by atomic mass is 10.00. The molecule has 2 aromatic carbocycles. The Morgan fingerprint density at radius 2 is 1.68 bits per heavy atom. The van der Waals surface area contributed by atoms with Crippen molar-refractivity contribution in [3.8, 4) is 16.9 Å². The molecule has 0 radical (unpaired) electrons. The van der Waals surface area contributed by atoms with Gasteiger partial charge < -0.3 is 29.3 Å². The SMILES string of the molecule is CC.CCN1CCN(c2ccc(C)c(C(=O)NC(C)c3cc(OC)cc(-c4cc(C(=O)N(C)C)n(C)c4)c3)c2)CC1. The van der Waals surface area contributed by atoms with Gasteiger partial charge in [0.15, 0.2) is 0 Å². The molecule has 222 valence electrons. The smallest absolute Gasteiger partial charge is 0.269 e. The summed E-state index contributed by atoms with van der Waals surface area (Å²) in [5.41, 5.74) is 6.08. The number of benzene rings is 2. The van der Waals surface area contributed by atoms with Crippen LogP contribution in [0.3, 0.4) is 0 Å². The summed E-state index contributed by atoms with van der Waals surface area (Å²) in [6.07, 6.45) is 1.94. The summed E-state index contributed by atoms with van der Waals surface area (Å²) in [5, 5.41) is 3.19. The number of hydrogen-bond acceptors (Lipinski definition) is 5. The normalized spacial score (nSPS) is 14.1. The van der Waals surface area contributed by atoms with Crippen molar-refractivity contribution < 1.29 is 14.3 Å². The van der Waals surface area contributed by atoms with Crippen LogP contribution in [0.4, 0.5) is 5.69 Å². The van der Waals surface area contributed by atoms with Gasteiger partial charge in [-0.15, -0.1) is 0 Å². The number of aromatic nitrogens is 1. The third-order valence-electron chi connectivity index (χ3n) is 7.63. The highest BCUT2D eigenvalue weighted by Gasteiger charge is 2.20. The van der Waals surface area contributed by atoms with Gasteiger partial charge in [-0.25, -0.2) is 0 Å². The molecule has 8 nitrogen and oxygen atoms in total. The van der Waals surface area contributed by atoms with E-state index in [1.54, 1.807) is 26.1 Å². The predicted molar refractivity (Wildman–Crippen MR) is 168 cm³/mol. The van der Waals surface area contributed by atoms with Crippen molar-refractivity contribution >= 4 is 17.5 Å². The molecule has 0 saturated carbocycles. The molecule has 1 N–H and O–H groups in total. The standard InChI is InChI=1S/C31H41N5O3.C2H6/c1-8-35-11-13-36(14-12-35)26-10-9-21(2)28(19-26)30(37)32-22(3)23-15-24(17-27(16-23)39-7)25-18-29(34(6)20-25)31(38)33(4)5;1-2/h9-10,15-20,22H,8,11-14H2,1-7H3,(H,32,37);1-2H3. The Morgan fingerprint density at radius 3 is 2.29 bits per heavy atom. The summed E-state index contributed by atoms with van der Waals surface area (Å²) in [6.45, 7) is 15.2. The van der Waals surface area contributed by atoms with Crippen molar-refractivity contribution in [3.63, 3.8) is 0 Å². The van der Waals surface area contributed by atoms with Crippen LogP contribution < -0.4 is 15.0 Å². The van der Waals surface area contributed by atoms with Crippen molar-refractivity contribution in [2.45, 2.75) is 40.7 Å². The summed E-state index contributed by atoms with van der Waals surface area (Å²) in [4.78, 5) is 32.4. The van der Waals surface area contributed by atoms with Gasteiger partial charge in [-0.2, -0.15) is 0 Å². The van der Waals surface area contributed by atoms with E-state index in [1.807, 2.05) is 81.9 Å². The van der Waals surface area contributed by atoms with Crippen LogP contribution in [0, 0.1) is 6.92 Å². The van der Waals surface area contributed by atoms with Crippen LogP contribution >= 0.6 is 0 Å². The molecule has 0 aliphatic carbocycles. The first-order valence-electron chi connectivity index (χ1n) is 14.6. The van der Waals surface area contributed by atoms with E-state index in [-0.39, 0.29) is 17.9 Å². The van der Waals surface area contributed by atoms with Crippen molar-refractivity contribution in [1.82, 2.24) is 19.7 Å². The van der Waals surface area contributed by atoms with Gasteiger partial charge in [-0.3, -0.25) is 9.59 Å². The third-order valence-corrected chi connectivity index (χ3v) is 7.63. The average Bonchev–Trinajstić information content (AvgIpc) is 3.38. The zero-order valence-corrected chi connectivity index (χ0v) is 26.2. The maximum Gasteiger partial charge on any atom is 0.269 e. The zero-order chi connectivity index (χ0) is 30.3. The molecule has 1 saturated heterocycles. The number of ether oxygens (including phenoxy) is 1. The van der Waals surface area contributed by atoms with Crippen LogP contribution in [0.25, 0.3) is 11.1 Å². The number of carbonyl (C=O) groups excluding carboxylic acids is 2. The molecule has 2 amide bonds. The van der Waals surface area contributed by atoms with Gasteiger partial charge in [-0.05, 0) is 73.5 Å². The molecular weight excluding hydrogens is 514 g/mol. The minimum atomic E-state index is -0.255. The van der Waals surface area contributed by atoms with Gasteiger partial charge in [0.05, 0.1) is 13.2 Å². The molecule has 1 aliphatic heterocycles. The Morgan fingerprint density at radius 1 is 1.00 bits per heavy atom. The lowest BCUT2D eigenvalue weighted by Gasteiger charge is -2.35. The van der Waals surface area contributed by atoms with Crippen LogP contribution in [0.5, 0.6) is 5.75 Å². The Balaban J connectivity index is 0.00000226. The van der Waals surface area contributed by atoms with Crippen molar-refractivity contribution in [1.29, 1.82) is 0 Å². The topological polar surface area (TPSA) is 70.1 Å². The van der Waals surface area contributed by atoms with Crippen LogP contribution in [-0.4, -0.2) is 80.1 Å². The monoisotopic (exact) mass is 561 g/mol. The van der Waals surface area contributed by atoms with Gasteiger partial charge >= 0.3 is 0 Å². The van der Waals surface area contributed by atoms with E-state index in [4.69, 9.17) is 4.74 Å². The van der Waals surface area contributed by atoms with Crippen LogP contribution in [0.2, 0.25) is 0 Å². The molecule has 1 aliphatic rings. The van der Waals surface area contributed by atoms with E-state index in [0.29, 0.717) is 17.0 Å². The Kier molecular flexibility index (Phi) is 11.0. The number of rotatable bonds is 8. The maximum absolute atomic E-state index is 13.5.